The van der Waals surface area contributed by atoms with Crippen molar-refractivity contribution in [3.8, 4) is 11.4 Å². The van der Waals surface area contributed by atoms with E-state index in [2.05, 4.69) is 25.5 Å². The summed E-state index contributed by atoms with van der Waals surface area (Å²) in [6, 6.07) is 2.44. The third-order valence-electron chi connectivity index (χ3n) is 5.20. The number of rotatable bonds is 3. The molecule has 3 N–H and O–H groups in total. The van der Waals surface area contributed by atoms with Gasteiger partial charge in [-0.3, -0.25) is 5.10 Å². The Balaban J connectivity index is 0.00000272. The molecule has 0 aromatic carbocycles. The van der Waals surface area contributed by atoms with Gasteiger partial charge in [0, 0.05) is 38.7 Å². The Bertz CT molecular complexity index is 1090. The van der Waals surface area contributed by atoms with Crippen LogP contribution in [0.4, 0.5) is 27.8 Å². The van der Waals surface area contributed by atoms with Gasteiger partial charge < -0.3 is 15.3 Å². The van der Waals surface area contributed by atoms with Crippen molar-refractivity contribution in [2.45, 2.75) is 24.7 Å². The second-order valence-electron chi connectivity index (χ2n) is 7.20. The van der Waals surface area contributed by atoms with E-state index in [0.29, 0.717) is 24.0 Å². The molecule has 0 saturated carbocycles. The average Bonchev–Trinajstić information content (AvgIpc) is 3.11. The van der Waals surface area contributed by atoms with Crippen molar-refractivity contribution < 1.29 is 28.5 Å². The molecule has 0 aliphatic carbocycles. The molecule has 4 rings (SSSR count). The Labute approximate surface area is 168 Å². The van der Waals surface area contributed by atoms with Crippen molar-refractivity contribution in [1.29, 1.82) is 0 Å². The summed E-state index contributed by atoms with van der Waals surface area (Å²) in [5.41, 5.74) is -2.80. The largest absolute Gasteiger partial charge is 0.418 e. The van der Waals surface area contributed by atoms with E-state index in [1.807, 2.05) is 0 Å². The molecule has 1 saturated heterocycles. The van der Waals surface area contributed by atoms with Gasteiger partial charge in [-0.2, -0.15) is 18.3 Å². The number of hydrogen-bond donors (Lipinski definition) is 3. The molecule has 3 aromatic rings. The lowest BCUT2D eigenvalue weighted by molar-refractivity contribution is -0.262. The summed E-state index contributed by atoms with van der Waals surface area (Å²) in [5.74, 6) is -2.30. The van der Waals surface area contributed by atoms with E-state index in [-0.39, 0.29) is 38.3 Å². The molecular weight excluding hydrogens is 411 g/mol. The maximum absolute atomic E-state index is 14.5. The van der Waals surface area contributed by atoms with Crippen LogP contribution in [0.3, 0.4) is 0 Å². The summed E-state index contributed by atoms with van der Waals surface area (Å²) in [4.78, 5) is 9.33. The summed E-state index contributed by atoms with van der Waals surface area (Å²) in [5, 5.41) is 19.6. The zero-order chi connectivity index (χ0) is 21.7. The van der Waals surface area contributed by atoms with Crippen LogP contribution >= 0.6 is 0 Å². The van der Waals surface area contributed by atoms with Gasteiger partial charge in [-0.1, -0.05) is 0 Å². The van der Waals surface area contributed by atoms with Crippen molar-refractivity contribution in [3.05, 3.63) is 36.0 Å². The van der Waals surface area contributed by atoms with Crippen LogP contribution in [0.15, 0.2) is 24.4 Å². The van der Waals surface area contributed by atoms with E-state index in [1.165, 1.54) is 11.1 Å². The van der Waals surface area contributed by atoms with Crippen molar-refractivity contribution in [2.75, 3.05) is 24.5 Å². The Morgan fingerprint density at radius 3 is 2.77 bits per heavy atom. The molecule has 0 radical (unpaired) electrons. The molecular formula is C18H19F5N6O. The summed E-state index contributed by atoms with van der Waals surface area (Å²) < 4.78 is 68.7. The number of hydrogen-bond acceptors (Lipinski definition) is 6. The number of halogens is 5. The molecule has 12 heteroatoms. The van der Waals surface area contributed by atoms with E-state index in [9.17, 15) is 27.1 Å². The molecule has 0 amide bonds. The molecule has 2 atom stereocenters. The Morgan fingerprint density at radius 2 is 2.03 bits per heavy atom. The van der Waals surface area contributed by atoms with E-state index in [1.54, 1.807) is 12.1 Å². The number of alkyl halides is 3. The Kier molecular flexibility index (Phi) is 4.85. The van der Waals surface area contributed by atoms with E-state index in [4.69, 9.17) is 0 Å². The summed E-state index contributed by atoms with van der Waals surface area (Å²) in [6.07, 6.45) is -3.39. The van der Waals surface area contributed by atoms with Crippen LogP contribution in [0.1, 0.15) is 8.35 Å². The molecule has 1 aliphatic heterocycles. The predicted molar refractivity (Wildman–Crippen MR) is 99.8 cm³/mol. The van der Waals surface area contributed by atoms with Crippen LogP contribution < -0.4 is 10.2 Å². The SMILES string of the molecule is CC(O)(C1CN(c2nc(-c3[nH]nc4ncccc34)c(F)cc2F)CCN1)C(F)(F)F.[HH]. The van der Waals surface area contributed by atoms with Crippen molar-refractivity contribution in [2.24, 2.45) is 0 Å². The van der Waals surface area contributed by atoms with Crippen LogP contribution in [0.5, 0.6) is 0 Å². The third kappa shape index (κ3) is 3.35. The molecule has 2 unspecified atom stereocenters. The van der Waals surface area contributed by atoms with Crippen molar-refractivity contribution >= 4 is 16.9 Å². The number of H-pyrrole nitrogens is 1. The minimum atomic E-state index is -4.89. The van der Waals surface area contributed by atoms with Crippen molar-refractivity contribution in [3.63, 3.8) is 0 Å². The van der Waals surface area contributed by atoms with Crippen LogP contribution in [0.2, 0.25) is 0 Å². The number of nitrogens with one attached hydrogen (secondary N) is 2. The van der Waals surface area contributed by atoms with Gasteiger partial charge in [0.2, 0.25) is 0 Å². The summed E-state index contributed by atoms with van der Waals surface area (Å²) in [6.45, 7) is 0.427. The fourth-order valence-electron chi connectivity index (χ4n) is 3.40. The lowest BCUT2D eigenvalue weighted by atomic mass is 9.93. The average molecular weight is 430 g/mol. The normalized spacial score (nSPS) is 19.8. The van der Waals surface area contributed by atoms with Crippen LogP contribution in [0, 0.1) is 11.6 Å². The maximum Gasteiger partial charge on any atom is 0.418 e. The Morgan fingerprint density at radius 1 is 1.27 bits per heavy atom. The predicted octanol–water partition coefficient (Wildman–Crippen LogP) is 2.64. The topological polar surface area (TPSA) is 90.0 Å². The molecule has 0 spiro atoms. The summed E-state index contributed by atoms with van der Waals surface area (Å²) in [7, 11) is 0. The standard InChI is InChI=1S/C18H17F5N6O.H2/c1-17(30,18(21,22)23)12-8-29(6-5-24-12)16-11(20)7-10(19)14(26-16)13-9-3-2-4-25-15(9)28-27-13;/h2-4,7,12,24,30H,5-6,8H2,1H3,(H,25,27,28);1H. The number of pyridine rings is 2. The van der Waals surface area contributed by atoms with Gasteiger partial charge in [0.15, 0.2) is 28.7 Å². The molecule has 4 heterocycles. The second-order valence-corrected chi connectivity index (χ2v) is 7.20. The lowest BCUT2D eigenvalue weighted by Crippen LogP contribution is -2.65. The minimum absolute atomic E-state index is 0. The Hall–Kier alpha value is -2.86. The second kappa shape index (κ2) is 7.13. The lowest BCUT2D eigenvalue weighted by Gasteiger charge is -2.42. The number of anilines is 1. The van der Waals surface area contributed by atoms with Crippen LogP contribution in [-0.4, -0.2) is 62.7 Å². The molecule has 162 valence electrons. The van der Waals surface area contributed by atoms with E-state index >= 15 is 0 Å². The molecule has 30 heavy (non-hydrogen) atoms. The number of aromatic nitrogens is 4. The molecule has 1 aliphatic rings. The summed E-state index contributed by atoms with van der Waals surface area (Å²) >= 11 is 0. The number of piperazine rings is 1. The number of aromatic amines is 1. The van der Waals surface area contributed by atoms with Gasteiger partial charge in [0.25, 0.3) is 0 Å². The van der Waals surface area contributed by atoms with Crippen LogP contribution in [-0.2, 0) is 0 Å². The quantitative estimate of drug-likeness (QED) is 0.554. The molecule has 7 nitrogen and oxygen atoms in total. The first-order chi connectivity index (χ1) is 14.1. The van der Waals surface area contributed by atoms with Gasteiger partial charge in [0.05, 0.1) is 11.7 Å². The zero-order valence-corrected chi connectivity index (χ0v) is 15.6. The monoisotopic (exact) mass is 430 g/mol. The fraction of sp³-hybridized carbons (Fsp3) is 0.389. The van der Waals surface area contributed by atoms with Gasteiger partial charge in [-0.15, -0.1) is 0 Å². The highest BCUT2D eigenvalue weighted by Crippen LogP contribution is 2.35. The number of aliphatic hydroxyl groups is 1. The minimum Gasteiger partial charge on any atom is -0.379 e. The fourth-order valence-corrected chi connectivity index (χ4v) is 3.40. The van der Waals surface area contributed by atoms with Gasteiger partial charge in [-0.25, -0.2) is 18.7 Å². The van der Waals surface area contributed by atoms with E-state index < -0.39 is 29.5 Å². The third-order valence-corrected chi connectivity index (χ3v) is 5.20. The number of nitrogens with zero attached hydrogens (tertiary/aromatic N) is 4. The molecule has 3 aromatic heterocycles. The first-order valence-corrected chi connectivity index (χ1v) is 9.02. The first-order valence-electron chi connectivity index (χ1n) is 9.02. The van der Waals surface area contributed by atoms with Gasteiger partial charge in [0.1, 0.15) is 5.69 Å². The highest BCUT2D eigenvalue weighted by molar-refractivity contribution is 5.89. The highest BCUT2D eigenvalue weighted by Gasteiger charge is 2.55. The highest BCUT2D eigenvalue weighted by atomic mass is 19.4. The number of fused-ring (bicyclic) bond motifs is 1. The first kappa shape index (κ1) is 20.4. The molecule has 0 bridgehead atoms. The van der Waals surface area contributed by atoms with Gasteiger partial charge >= 0.3 is 6.18 Å². The van der Waals surface area contributed by atoms with Crippen LogP contribution in [0.25, 0.3) is 22.4 Å². The molecule has 1 fully saturated rings. The smallest absolute Gasteiger partial charge is 0.379 e. The van der Waals surface area contributed by atoms with Gasteiger partial charge in [-0.05, 0) is 19.1 Å². The maximum atomic E-state index is 14.5. The van der Waals surface area contributed by atoms with E-state index in [0.717, 1.165) is 0 Å². The van der Waals surface area contributed by atoms with Crippen molar-refractivity contribution in [1.82, 2.24) is 25.5 Å². The zero-order valence-electron chi connectivity index (χ0n) is 15.6.